The second kappa shape index (κ2) is 17.7. The molecule has 0 aromatic rings. The first-order valence-electron chi connectivity index (χ1n) is 10.5. The maximum absolute atomic E-state index is 5.71. The van der Waals surface area contributed by atoms with Crippen LogP contribution >= 0.6 is 0 Å². The van der Waals surface area contributed by atoms with Crippen LogP contribution in [-0.2, 0) is 0 Å². The van der Waals surface area contributed by atoms with E-state index in [0.29, 0.717) is 0 Å². The highest BCUT2D eigenvalue weighted by atomic mass is 15.1. The van der Waals surface area contributed by atoms with Crippen molar-refractivity contribution in [3.05, 3.63) is 0 Å². The smallest absolute Gasteiger partial charge is 0.0105 e. The Hall–Kier alpha value is -0.160. The molecule has 146 valence electrons. The zero-order valence-electron chi connectivity index (χ0n) is 16.6. The van der Waals surface area contributed by atoms with Crippen LogP contribution in [0.1, 0.15) is 78.1 Å². The van der Waals surface area contributed by atoms with E-state index < -0.39 is 0 Å². The summed E-state index contributed by atoms with van der Waals surface area (Å²) < 4.78 is 0. The molecule has 0 aliphatic rings. The highest BCUT2D eigenvalue weighted by molar-refractivity contribution is 4.64. The fraction of sp³-hybridized carbons (Fsp3) is 1.00. The average Bonchev–Trinajstić information content (AvgIpc) is 2.56. The number of nitrogens with zero attached hydrogens (tertiary/aromatic N) is 1. The lowest BCUT2D eigenvalue weighted by atomic mass is 9.90. The van der Waals surface area contributed by atoms with E-state index in [2.05, 4.69) is 18.7 Å². The fourth-order valence-corrected chi connectivity index (χ4v) is 3.43. The van der Waals surface area contributed by atoms with Crippen LogP contribution in [0.3, 0.4) is 0 Å². The molecule has 1 atom stereocenters. The summed E-state index contributed by atoms with van der Waals surface area (Å²) in [6.07, 6.45) is 13.1. The molecular formula is C20H46N4. The lowest BCUT2D eigenvalue weighted by Crippen LogP contribution is -2.32. The molecule has 0 amide bonds. The normalized spacial score (nSPS) is 13.1. The van der Waals surface area contributed by atoms with Crippen molar-refractivity contribution in [1.29, 1.82) is 0 Å². The highest BCUT2D eigenvalue weighted by Gasteiger charge is 2.09. The molecule has 6 N–H and O–H groups in total. The molecule has 0 radical (unpaired) electrons. The van der Waals surface area contributed by atoms with Gasteiger partial charge in [-0.25, -0.2) is 0 Å². The van der Waals surface area contributed by atoms with E-state index >= 15 is 0 Å². The third-order valence-corrected chi connectivity index (χ3v) is 4.92. The maximum Gasteiger partial charge on any atom is 0.0105 e. The van der Waals surface area contributed by atoms with Crippen molar-refractivity contribution in [2.24, 2.45) is 29.0 Å². The Bertz CT molecular complexity index is 246. The van der Waals surface area contributed by atoms with Gasteiger partial charge in [0, 0.05) is 13.1 Å². The minimum absolute atomic E-state index is 0.752. The lowest BCUT2D eigenvalue weighted by Gasteiger charge is -2.21. The first-order valence-corrected chi connectivity index (χ1v) is 10.5. The van der Waals surface area contributed by atoms with Gasteiger partial charge in [-0.15, -0.1) is 0 Å². The Balaban J connectivity index is 3.85. The molecule has 0 heterocycles. The van der Waals surface area contributed by atoms with Gasteiger partial charge < -0.3 is 22.1 Å². The molecule has 1 unspecified atom stereocenters. The number of hydrogen-bond acceptors (Lipinski definition) is 4. The van der Waals surface area contributed by atoms with Crippen LogP contribution in [0.25, 0.3) is 0 Å². The summed E-state index contributed by atoms with van der Waals surface area (Å²) in [5.74, 6) is 1.73. The Labute approximate surface area is 151 Å². The van der Waals surface area contributed by atoms with Gasteiger partial charge >= 0.3 is 0 Å². The van der Waals surface area contributed by atoms with Crippen LogP contribution in [0.15, 0.2) is 0 Å². The minimum Gasteiger partial charge on any atom is -0.330 e. The van der Waals surface area contributed by atoms with Gasteiger partial charge in [-0.3, -0.25) is 0 Å². The van der Waals surface area contributed by atoms with E-state index in [0.717, 1.165) is 51.0 Å². The van der Waals surface area contributed by atoms with Crippen LogP contribution < -0.4 is 17.2 Å². The summed E-state index contributed by atoms with van der Waals surface area (Å²) in [4.78, 5) is 2.47. The molecule has 0 saturated heterocycles. The predicted octanol–water partition coefficient (Wildman–Crippen LogP) is 3.34. The first-order chi connectivity index (χ1) is 11.6. The Morgan fingerprint density at radius 2 is 1.21 bits per heavy atom. The van der Waals surface area contributed by atoms with Crippen molar-refractivity contribution in [1.82, 2.24) is 4.90 Å². The molecule has 0 saturated carbocycles. The summed E-state index contributed by atoms with van der Waals surface area (Å²) in [7, 11) is 0. The van der Waals surface area contributed by atoms with E-state index in [9.17, 15) is 0 Å². The molecule has 4 heteroatoms. The molecule has 4 nitrogen and oxygen atoms in total. The molecule has 0 bridgehead atoms. The molecule has 0 fully saturated rings. The zero-order chi connectivity index (χ0) is 18.0. The number of hydrogen-bond donors (Lipinski definition) is 3. The topological polar surface area (TPSA) is 81.3 Å². The van der Waals surface area contributed by atoms with Gasteiger partial charge in [0.1, 0.15) is 0 Å². The Kier molecular flexibility index (Phi) is 17.5. The maximum atomic E-state index is 5.71. The van der Waals surface area contributed by atoms with Crippen molar-refractivity contribution in [3.63, 3.8) is 0 Å². The molecule has 0 aromatic heterocycles. The van der Waals surface area contributed by atoms with Gasteiger partial charge in [-0.05, 0) is 63.7 Å². The molecule has 0 aliphatic carbocycles. The van der Waals surface area contributed by atoms with Crippen molar-refractivity contribution in [2.75, 3.05) is 39.3 Å². The summed E-state index contributed by atoms with van der Waals surface area (Å²) in [5, 5.41) is 0. The van der Waals surface area contributed by atoms with Crippen LogP contribution in [0.4, 0.5) is 0 Å². The number of unbranched alkanes of at least 4 members (excludes halogenated alkanes) is 2. The molecule has 0 aromatic carbocycles. The second-order valence-corrected chi connectivity index (χ2v) is 7.74. The first kappa shape index (κ1) is 23.8. The SMILES string of the molecule is CC(C)CCCC(CCCN)CCCCCN(CCN)CCCN. The fourth-order valence-electron chi connectivity index (χ4n) is 3.43. The van der Waals surface area contributed by atoms with Crippen LogP contribution in [-0.4, -0.2) is 44.2 Å². The van der Waals surface area contributed by atoms with Crippen molar-refractivity contribution in [2.45, 2.75) is 78.1 Å². The van der Waals surface area contributed by atoms with Gasteiger partial charge in [0.05, 0.1) is 0 Å². The highest BCUT2D eigenvalue weighted by Crippen LogP contribution is 2.23. The zero-order valence-corrected chi connectivity index (χ0v) is 16.6. The Morgan fingerprint density at radius 3 is 1.83 bits per heavy atom. The van der Waals surface area contributed by atoms with Crippen molar-refractivity contribution in [3.8, 4) is 0 Å². The van der Waals surface area contributed by atoms with Gasteiger partial charge in [0.2, 0.25) is 0 Å². The van der Waals surface area contributed by atoms with Crippen molar-refractivity contribution < 1.29 is 0 Å². The summed E-state index contributed by atoms with van der Waals surface area (Å²) in [6, 6.07) is 0. The third-order valence-electron chi connectivity index (χ3n) is 4.92. The van der Waals surface area contributed by atoms with Gasteiger partial charge in [-0.2, -0.15) is 0 Å². The molecule has 0 rings (SSSR count). The van der Waals surface area contributed by atoms with E-state index in [-0.39, 0.29) is 0 Å². The quantitative estimate of drug-likeness (QED) is 0.334. The number of nitrogens with two attached hydrogens (primary N) is 3. The third kappa shape index (κ3) is 15.4. The molecule has 0 spiro atoms. The van der Waals surface area contributed by atoms with Gasteiger partial charge in [0.15, 0.2) is 0 Å². The second-order valence-electron chi connectivity index (χ2n) is 7.74. The molecule has 24 heavy (non-hydrogen) atoms. The van der Waals surface area contributed by atoms with E-state index in [1.165, 1.54) is 64.3 Å². The van der Waals surface area contributed by atoms with Crippen molar-refractivity contribution >= 4 is 0 Å². The molecule has 0 aliphatic heterocycles. The monoisotopic (exact) mass is 342 g/mol. The van der Waals surface area contributed by atoms with E-state index in [4.69, 9.17) is 17.2 Å². The van der Waals surface area contributed by atoms with E-state index in [1.54, 1.807) is 0 Å². The van der Waals surface area contributed by atoms with Gasteiger partial charge in [-0.1, -0.05) is 52.4 Å². The number of rotatable bonds is 18. The largest absolute Gasteiger partial charge is 0.330 e. The van der Waals surface area contributed by atoms with E-state index in [1.807, 2.05) is 0 Å². The van der Waals surface area contributed by atoms with Crippen LogP contribution in [0.5, 0.6) is 0 Å². The lowest BCUT2D eigenvalue weighted by molar-refractivity contribution is 0.269. The average molecular weight is 343 g/mol. The summed E-state index contributed by atoms with van der Waals surface area (Å²) in [5.41, 5.74) is 17.0. The standard InChI is InChI=1S/C20H46N4/c1-19(2)9-6-11-20(12-7-13-21)10-4-3-5-16-24(18-15-23)17-8-14-22/h19-20H,3-18,21-23H2,1-2H3. The Morgan fingerprint density at radius 1 is 0.583 bits per heavy atom. The summed E-state index contributed by atoms with van der Waals surface area (Å²) >= 11 is 0. The van der Waals surface area contributed by atoms with Crippen LogP contribution in [0, 0.1) is 11.8 Å². The van der Waals surface area contributed by atoms with Gasteiger partial charge in [0.25, 0.3) is 0 Å². The van der Waals surface area contributed by atoms with Crippen LogP contribution in [0.2, 0.25) is 0 Å². The minimum atomic E-state index is 0.752. The summed E-state index contributed by atoms with van der Waals surface area (Å²) in [6.45, 7) is 10.3. The predicted molar refractivity (Wildman–Crippen MR) is 108 cm³/mol. The molecular weight excluding hydrogens is 296 g/mol.